The molecule has 2 N–H and O–H groups in total. The van der Waals surface area contributed by atoms with Crippen LogP contribution in [0.25, 0.3) is 0 Å². The number of nitrogens with zero attached hydrogens (tertiary/aromatic N) is 3. The van der Waals surface area contributed by atoms with Gasteiger partial charge in [0.25, 0.3) is 0 Å². The highest BCUT2D eigenvalue weighted by Crippen LogP contribution is 2.26. The fourth-order valence-corrected chi connectivity index (χ4v) is 3.44. The van der Waals surface area contributed by atoms with Gasteiger partial charge in [-0.25, -0.2) is 4.98 Å². The number of para-hydroxylation sites is 2. The zero-order valence-electron chi connectivity index (χ0n) is 17.1. The Bertz CT molecular complexity index is 793. The molecule has 0 bridgehead atoms. The predicted molar refractivity (Wildman–Crippen MR) is 113 cm³/mol. The van der Waals surface area contributed by atoms with E-state index in [-0.39, 0.29) is 5.91 Å². The minimum atomic E-state index is 0.0755. The molecule has 1 amide bonds. The third-order valence-corrected chi connectivity index (χ3v) is 5.03. The largest absolute Gasteiger partial charge is 0.493 e. The van der Waals surface area contributed by atoms with Crippen LogP contribution in [0.4, 0.5) is 11.8 Å². The summed E-state index contributed by atoms with van der Waals surface area (Å²) in [4.78, 5) is 23.1. The van der Waals surface area contributed by atoms with Gasteiger partial charge in [0, 0.05) is 32.8 Å². The topological polar surface area (TPSA) is 88.6 Å². The van der Waals surface area contributed by atoms with Crippen molar-refractivity contribution in [1.82, 2.24) is 15.3 Å². The maximum absolute atomic E-state index is 12.2. The molecule has 0 aliphatic carbocycles. The summed E-state index contributed by atoms with van der Waals surface area (Å²) in [5.41, 5.74) is 0. The lowest BCUT2D eigenvalue weighted by Gasteiger charge is -2.32. The highest BCUT2D eigenvalue weighted by Gasteiger charge is 2.22. The van der Waals surface area contributed by atoms with Gasteiger partial charge in [0.05, 0.1) is 13.7 Å². The van der Waals surface area contributed by atoms with E-state index in [1.54, 1.807) is 13.3 Å². The van der Waals surface area contributed by atoms with Crippen LogP contribution in [0.2, 0.25) is 0 Å². The van der Waals surface area contributed by atoms with Crippen molar-refractivity contribution in [1.29, 1.82) is 0 Å². The maximum Gasteiger partial charge on any atom is 0.224 e. The molecule has 8 nitrogen and oxygen atoms in total. The van der Waals surface area contributed by atoms with E-state index in [2.05, 4.69) is 25.5 Å². The molecular formula is C21H29N5O3. The first-order valence-corrected chi connectivity index (χ1v) is 9.98. The van der Waals surface area contributed by atoms with Crippen LogP contribution in [-0.4, -0.2) is 56.3 Å². The molecule has 1 aliphatic heterocycles. The molecule has 29 heavy (non-hydrogen) atoms. The smallest absolute Gasteiger partial charge is 0.224 e. The molecule has 8 heteroatoms. The Balaban J connectivity index is 1.35. The lowest BCUT2D eigenvalue weighted by molar-refractivity contribution is -0.122. The van der Waals surface area contributed by atoms with Gasteiger partial charge >= 0.3 is 0 Å². The van der Waals surface area contributed by atoms with Crippen molar-refractivity contribution in [2.45, 2.75) is 19.3 Å². The van der Waals surface area contributed by atoms with Crippen molar-refractivity contribution in [2.24, 2.45) is 5.92 Å². The zero-order valence-corrected chi connectivity index (χ0v) is 17.1. The standard InChI is InChI=1S/C21H29N5O3/c1-22-21-24-10-7-19(25-21)26-12-8-16(9-13-26)15-20(27)23-11-14-29-18-6-4-3-5-17(18)28-2/h3-7,10,16H,8-9,11-15H2,1-2H3,(H,23,27)(H,22,24,25). The fourth-order valence-electron chi connectivity index (χ4n) is 3.44. The second-order valence-corrected chi connectivity index (χ2v) is 6.97. The zero-order chi connectivity index (χ0) is 20.5. The van der Waals surface area contributed by atoms with Gasteiger partial charge in [0.15, 0.2) is 11.5 Å². The van der Waals surface area contributed by atoms with Crippen LogP contribution >= 0.6 is 0 Å². The molecule has 3 rings (SSSR count). The Labute approximate surface area is 171 Å². The Hall–Kier alpha value is -3.03. The second kappa shape index (κ2) is 10.5. The van der Waals surface area contributed by atoms with Crippen molar-refractivity contribution in [3.63, 3.8) is 0 Å². The van der Waals surface area contributed by atoms with Crippen LogP contribution in [0.3, 0.4) is 0 Å². The summed E-state index contributed by atoms with van der Waals surface area (Å²) >= 11 is 0. The molecule has 1 fully saturated rings. The summed E-state index contributed by atoms with van der Waals surface area (Å²) in [7, 11) is 3.42. The summed E-state index contributed by atoms with van der Waals surface area (Å²) in [5, 5.41) is 5.91. The minimum absolute atomic E-state index is 0.0755. The monoisotopic (exact) mass is 399 g/mol. The van der Waals surface area contributed by atoms with E-state index in [4.69, 9.17) is 9.47 Å². The van der Waals surface area contributed by atoms with E-state index >= 15 is 0 Å². The SMILES string of the molecule is CNc1nccc(N2CCC(CC(=O)NCCOc3ccccc3OC)CC2)n1. The highest BCUT2D eigenvalue weighted by atomic mass is 16.5. The number of rotatable bonds is 9. The average molecular weight is 399 g/mol. The molecule has 0 saturated carbocycles. The molecule has 1 aliphatic rings. The van der Waals surface area contributed by atoms with Crippen molar-refractivity contribution in [3.05, 3.63) is 36.5 Å². The number of ether oxygens (including phenoxy) is 2. The van der Waals surface area contributed by atoms with Crippen LogP contribution in [0, 0.1) is 5.92 Å². The van der Waals surface area contributed by atoms with Crippen LogP contribution < -0.4 is 25.0 Å². The van der Waals surface area contributed by atoms with Crippen LogP contribution in [-0.2, 0) is 4.79 Å². The minimum Gasteiger partial charge on any atom is -0.493 e. The number of hydrogen-bond donors (Lipinski definition) is 2. The van der Waals surface area contributed by atoms with E-state index in [1.165, 1.54) is 0 Å². The number of amides is 1. The normalized spacial score (nSPS) is 14.3. The molecule has 2 aromatic rings. The first-order chi connectivity index (χ1) is 14.2. The Kier molecular flexibility index (Phi) is 7.49. The van der Waals surface area contributed by atoms with Gasteiger partial charge in [-0.1, -0.05) is 12.1 Å². The van der Waals surface area contributed by atoms with Gasteiger partial charge in [0.1, 0.15) is 12.4 Å². The molecule has 0 atom stereocenters. The van der Waals surface area contributed by atoms with Crippen LogP contribution in [0.1, 0.15) is 19.3 Å². The summed E-state index contributed by atoms with van der Waals surface area (Å²) in [6.07, 6.45) is 4.27. The number of anilines is 2. The fraction of sp³-hybridized carbons (Fsp3) is 0.476. The van der Waals surface area contributed by atoms with Crippen molar-refractivity contribution in [2.75, 3.05) is 50.6 Å². The van der Waals surface area contributed by atoms with E-state index in [0.717, 1.165) is 31.7 Å². The quantitative estimate of drug-likeness (QED) is 0.626. The van der Waals surface area contributed by atoms with Gasteiger partial charge in [-0.05, 0) is 37.0 Å². The molecule has 1 aromatic heterocycles. The van der Waals surface area contributed by atoms with Gasteiger partial charge in [0.2, 0.25) is 11.9 Å². The van der Waals surface area contributed by atoms with E-state index in [0.29, 0.717) is 42.9 Å². The van der Waals surface area contributed by atoms with Crippen molar-refractivity contribution >= 4 is 17.7 Å². The van der Waals surface area contributed by atoms with Crippen molar-refractivity contribution in [3.8, 4) is 11.5 Å². The molecule has 1 saturated heterocycles. The van der Waals surface area contributed by atoms with Crippen LogP contribution in [0.5, 0.6) is 11.5 Å². The lowest BCUT2D eigenvalue weighted by Crippen LogP contribution is -2.37. The molecule has 156 valence electrons. The maximum atomic E-state index is 12.2. The first-order valence-electron chi connectivity index (χ1n) is 9.98. The molecule has 0 spiro atoms. The van der Waals surface area contributed by atoms with E-state index < -0.39 is 0 Å². The summed E-state index contributed by atoms with van der Waals surface area (Å²) in [6, 6.07) is 9.41. The number of piperidine rings is 1. The lowest BCUT2D eigenvalue weighted by atomic mass is 9.93. The molecule has 0 radical (unpaired) electrons. The molecular weight excluding hydrogens is 370 g/mol. The van der Waals surface area contributed by atoms with E-state index in [9.17, 15) is 4.79 Å². The number of benzene rings is 1. The third-order valence-electron chi connectivity index (χ3n) is 5.03. The Morgan fingerprint density at radius 2 is 1.97 bits per heavy atom. The van der Waals surface area contributed by atoms with Gasteiger partial charge in [-0.2, -0.15) is 4.98 Å². The van der Waals surface area contributed by atoms with Gasteiger partial charge in [-0.15, -0.1) is 0 Å². The Morgan fingerprint density at radius 3 is 2.69 bits per heavy atom. The number of aromatic nitrogens is 2. The van der Waals surface area contributed by atoms with Crippen LogP contribution in [0.15, 0.2) is 36.5 Å². The summed E-state index contributed by atoms with van der Waals surface area (Å²) in [6.45, 7) is 2.68. The number of hydrogen-bond acceptors (Lipinski definition) is 7. The third kappa shape index (κ3) is 5.97. The van der Waals surface area contributed by atoms with E-state index in [1.807, 2.05) is 37.4 Å². The van der Waals surface area contributed by atoms with Gasteiger partial charge < -0.3 is 25.0 Å². The molecule has 0 unspecified atom stereocenters. The van der Waals surface area contributed by atoms with Crippen molar-refractivity contribution < 1.29 is 14.3 Å². The number of nitrogens with one attached hydrogen (secondary N) is 2. The number of carbonyl (C=O) groups is 1. The summed E-state index contributed by atoms with van der Waals surface area (Å²) in [5.74, 6) is 3.40. The summed E-state index contributed by atoms with van der Waals surface area (Å²) < 4.78 is 10.9. The number of carbonyl (C=O) groups excluding carboxylic acids is 1. The Morgan fingerprint density at radius 1 is 1.21 bits per heavy atom. The second-order valence-electron chi connectivity index (χ2n) is 6.97. The predicted octanol–water partition coefficient (Wildman–Crippen LogP) is 2.33. The van der Waals surface area contributed by atoms with Gasteiger partial charge in [-0.3, -0.25) is 4.79 Å². The number of methoxy groups -OCH3 is 1. The average Bonchev–Trinajstić information content (AvgIpc) is 2.77. The first kappa shape index (κ1) is 20.7. The molecule has 1 aromatic carbocycles. The highest BCUT2D eigenvalue weighted by molar-refractivity contribution is 5.76. The molecule has 2 heterocycles.